The molecule has 126 valence electrons. The van der Waals surface area contributed by atoms with E-state index in [4.69, 9.17) is 11.6 Å². The van der Waals surface area contributed by atoms with Gasteiger partial charge in [-0.2, -0.15) is 4.31 Å². The average Bonchev–Trinajstić information content (AvgIpc) is 2.49. The molecule has 0 radical (unpaired) electrons. The first kappa shape index (κ1) is 17.6. The van der Waals surface area contributed by atoms with Gasteiger partial charge in [0.2, 0.25) is 15.9 Å². The summed E-state index contributed by atoms with van der Waals surface area (Å²) < 4.78 is 26.5. The van der Waals surface area contributed by atoms with Crippen LogP contribution in [0.2, 0.25) is 5.02 Å². The summed E-state index contributed by atoms with van der Waals surface area (Å²) in [7, 11) is -3.90. The number of hydrogen-bond acceptors (Lipinski definition) is 5. The Bertz CT molecular complexity index is 757. The molecule has 1 aromatic carbocycles. The highest BCUT2D eigenvalue weighted by molar-refractivity contribution is 7.89. The minimum Gasteiger partial charge on any atom is -0.340 e. The van der Waals surface area contributed by atoms with E-state index in [1.54, 1.807) is 4.90 Å². The molecular weight excluding hydrogens is 346 g/mol. The Morgan fingerprint density at radius 2 is 1.83 bits per heavy atom. The Balaban J connectivity index is 2.34. The number of sulfonamides is 1. The number of nitro groups is 1. The van der Waals surface area contributed by atoms with E-state index < -0.39 is 14.9 Å². The molecule has 1 fully saturated rings. The summed E-state index contributed by atoms with van der Waals surface area (Å²) in [4.78, 5) is 23.0. The van der Waals surface area contributed by atoms with Crippen LogP contribution in [-0.4, -0.2) is 54.6 Å². The van der Waals surface area contributed by atoms with Gasteiger partial charge in [0.15, 0.2) is 0 Å². The Hall–Kier alpha value is -1.71. The van der Waals surface area contributed by atoms with Crippen molar-refractivity contribution in [2.75, 3.05) is 26.2 Å². The van der Waals surface area contributed by atoms with Crippen molar-refractivity contribution >= 4 is 33.2 Å². The highest BCUT2D eigenvalue weighted by atomic mass is 35.5. The van der Waals surface area contributed by atoms with Crippen molar-refractivity contribution in [1.29, 1.82) is 0 Å². The van der Waals surface area contributed by atoms with Crippen LogP contribution in [0.1, 0.15) is 12.5 Å². The van der Waals surface area contributed by atoms with Gasteiger partial charge in [0.05, 0.1) is 14.8 Å². The molecule has 1 aliphatic heterocycles. The van der Waals surface area contributed by atoms with E-state index >= 15 is 0 Å². The molecule has 2 rings (SSSR count). The van der Waals surface area contributed by atoms with Gasteiger partial charge in [-0.3, -0.25) is 14.9 Å². The maximum absolute atomic E-state index is 12.6. The van der Waals surface area contributed by atoms with Crippen molar-refractivity contribution in [2.24, 2.45) is 0 Å². The predicted molar refractivity (Wildman–Crippen MR) is 83.9 cm³/mol. The number of benzene rings is 1. The summed E-state index contributed by atoms with van der Waals surface area (Å²) in [6.07, 6.45) is 0. The SMILES string of the molecule is CC(=O)N1CCN(S(=O)(=O)c2cc(Cl)c(C)c([N+](=O)[O-])c2)CC1. The molecular formula is C13H16ClN3O5S. The monoisotopic (exact) mass is 361 g/mol. The van der Waals surface area contributed by atoms with Crippen molar-refractivity contribution < 1.29 is 18.1 Å². The van der Waals surface area contributed by atoms with Gasteiger partial charge < -0.3 is 4.90 Å². The fourth-order valence-corrected chi connectivity index (χ4v) is 4.12. The van der Waals surface area contributed by atoms with E-state index in [0.29, 0.717) is 0 Å². The zero-order valence-corrected chi connectivity index (χ0v) is 14.2. The van der Waals surface area contributed by atoms with Gasteiger partial charge >= 0.3 is 0 Å². The Labute approximate surface area is 138 Å². The quantitative estimate of drug-likeness (QED) is 0.598. The second kappa shape index (κ2) is 6.42. The lowest BCUT2D eigenvalue weighted by molar-refractivity contribution is -0.385. The first-order valence-corrected chi connectivity index (χ1v) is 8.66. The number of carbonyl (C=O) groups is 1. The number of hydrogen-bond donors (Lipinski definition) is 0. The van der Waals surface area contributed by atoms with Crippen LogP contribution in [0, 0.1) is 17.0 Å². The largest absolute Gasteiger partial charge is 0.340 e. The van der Waals surface area contributed by atoms with Crippen LogP contribution < -0.4 is 0 Å². The molecule has 0 aromatic heterocycles. The van der Waals surface area contributed by atoms with Gasteiger partial charge in [-0.1, -0.05) is 11.6 Å². The molecule has 0 unspecified atom stereocenters. The second-order valence-corrected chi connectivity index (χ2v) is 7.56. The van der Waals surface area contributed by atoms with Gasteiger partial charge in [0.25, 0.3) is 5.69 Å². The highest BCUT2D eigenvalue weighted by Crippen LogP contribution is 2.31. The lowest BCUT2D eigenvalue weighted by Crippen LogP contribution is -2.49. The van der Waals surface area contributed by atoms with Crippen molar-refractivity contribution in [3.8, 4) is 0 Å². The maximum atomic E-state index is 12.6. The molecule has 0 saturated carbocycles. The Morgan fingerprint density at radius 1 is 1.26 bits per heavy atom. The standard InChI is InChI=1S/C13H16ClN3O5S/c1-9-12(14)7-11(8-13(9)17(19)20)23(21,22)16-5-3-15(4-6-16)10(2)18/h7-8H,3-6H2,1-2H3. The molecule has 23 heavy (non-hydrogen) atoms. The van der Waals surface area contributed by atoms with Crippen molar-refractivity contribution in [2.45, 2.75) is 18.7 Å². The molecule has 8 nitrogen and oxygen atoms in total. The van der Waals surface area contributed by atoms with Crippen LogP contribution in [0.5, 0.6) is 0 Å². The van der Waals surface area contributed by atoms with E-state index in [2.05, 4.69) is 0 Å². The maximum Gasteiger partial charge on any atom is 0.275 e. The van der Waals surface area contributed by atoms with Crippen LogP contribution in [-0.2, 0) is 14.8 Å². The van der Waals surface area contributed by atoms with Gasteiger partial charge in [0.1, 0.15) is 0 Å². The number of amides is 1. The van der Waals surface area contributed by atoms with E-state index in [-0.39, 0.29) is 53.3 Å². The van der Waals surface area contributed by atoms with Crippen LogP contribution >= 0.6 is 11.6 Å². The molecule has 1 aromatic rings. The van der Waals surface area contributed by atoms with Gasteiger partial charge in [0, 0.05) is 44.7 Å². The lowest BCUT2D eigenvalue weighted by atomic mass is 10.2. The normalized spacial score (nSPS) is 16.4. The van der Waals surface area contributed by atoms with Crippen molar-refractivity contribution in [3.05, 3.63) is 32.8 Å². The van der Waals surface area contributed by atoms with Crippen molar-refractivity contribution in [3.63, 3.8) is 0 Å². The third-order valence-electron chi connectivity index (χ3n) is 3.81. The Kier molecular flexibility index (Phi) is 4.92. The first-order chi connectivity index (χ1) is 10.6. The van der Waals surface area contributed by atoms with Crippen LogP contribution in [0.15, 0.2) is 17.0 Å². The summed E-state index contributed by atoms with van der Waals surface area (Å²) >= 11 is 5.93. The van der Waals surface area contributed by atoms with Crippen molar-refractivity contribution in [1.82, 2.24) is 9.21 Å². The van der Waals surface area contributed by atoms with Gasteiger partial charge in [-0.05, 0) is 13.0 Å². The lowest BCUT2D eigenvalue weighted by Gasteiger charge is -2.33. The minimum atomic E-state index is -3.90. The molecule has 10 heteroatoms. The third-order valence-corrected chi connectivity index (χ3v) is 6.08. The topological polar surface area (TPSA) is 101 Å². The average molecular weight is 362 g/mol. The molecule has 1 aliphatic rings. The minimum absolute atomic E-state index is 0.0279. The van der Waals surface area contributed by atoms with Crippen LogP contribution in [0.4, 0.5) is 5.69 Å². The fourth-order valence-electron chi connectivity index (χ4n) is 2.37. The summed E-state index contributed by atoms with van der Waals surface area (Å²) in [6, 6.07) is 2.24. The number of nitrogens with zero attached hydrogens (tertiary/aromatic N) is 3. The number of carbonyl (C=O) groups excluding carboxylic acids is 1. The molecule has 1 saturated heterocycles. The number of rotatable bonds is 3. The highest BCUT2D eigenvalue weighted by Gasteiger charge is 2.31. The summed E-state index contributed by atoms with van der Waals surface area (Å²) in [5.41, 5.74) is -0.115. The molecule has 0 spiro atoms. The number of piperazine rings is 1. The molecule has 1 amide bonds. The summed E-state index contributed by atoms with van der Waals surface area (Å²) in [5.74, 6) is -0.115. The van der Waals surface area contributed by atoms with Crippen LogP contribution in [0.25, 0.3) is 0 Å². The summed E-state index contributed by atoms with van der Waals surface area (Å²) in [5, 5.41) is 11.1. The summed E-state index contributed by atoms with van der Waals surface area (Å²) in [6.45, 7) is 3.74. The zero-order valence-electron chi connectivity index (χ0n) is 12.7. The van der Waals surface area contributed by atoms with Crippen LogP contribution in [0.3, 0.4) is 0 Å². The Morgan fingerprint density at radius 3 is 2.30 bits per heavy atom. The fraction of sp³-hybridized carbons (Fsp3) is 0.462. The third kappa shape index (κ3) is 3.46. The van der Waals surface area contributed by atoms with E-state index in [1.807, 2.05) is 0 Å². The number of nitro benzene ring substituents is 1. The second-order valence-electron chi connectivity index (χ2n) is 5.22. The van der Waals surface area contributed by atoms with Gasteiger partial charge in [-0.15, -0.1) is 0 Å². The molecule has 1 heterocycles. The molecule has 0 N–H and O–H groups in total. The van der Waals surface area contributed by atoms with E-state index in [9.17, 15) is 23.3 Å². The van der Waals surface area contributed by atoms with E-state index in [0.717, 1.165) is 6.07 Å². The molecule has 0 atom stereocenters. The first-order valence-electron chi connectivity index (χ1n) is 6.85. The molecule has 0 bridgehead atoms. The van der Waals surface area contributed by atoms with E-state index in [1.165, 1.54) is 24.2 Å². The smallest absolute Gasteiger partial charge is 0.275 e. The predicted octanol–water partition coefficient (Wildman–Crippen LogP) is 1.41. The van der Waals surface area contributed by atoms with Gasteiger partial charge in [-0.25, -0.2) is 8.42 Å². The zero-order chi connectivity index (χ0) is 17.4. The molecule has 0 aliphatic carbocycles. The number of halogens is 1.